The second-order valence-electron chi connectivity index (χ2n) is 9.48. The fourth-order valence-corrected chi connectivity index (χ4v) is 5.05. The largest absolute Gasteiger partial charge is 0.387 e. The molecule has 0 bridgehead atoms. The van der Waals surface area contributed by atoms with Gasteiger partial charge in [0.05, 0.1) is 17.7 Å². The number of nitrogens with one attached hydrogen (secondary N) is 1. The third-order valence-corrected chi connectivity index (χ3v) is 6.94. The molecule has 1 aliphatic carbocycles. The highest BCUT2D eigenvalue weighted by Crippen LogP contribution is 2.42. The standard InChI is InChI=1S/C25H34ClN5O2/c1-16(2)27-14-20(18-5-7-19(26)8-6-18)25(33)31-10-4-9-30(11-12-31)24-22-17(3)13-21(32)23(22)28-15-29-24/h5-8,15-17,20-21,27,32H,4,9-14H2,1-3H3/t17-,20?,21-/m1/s1. The van der Waals surface area contributed by atoms with Crippen molar-refractivity contribution in [3.8, 4) is 0 Å². The van der Waals surface area contributed by atoms with Gasteiger partial charge in [-0.25, -0.2) is 9.97 Å². The lowest BCUT2D eigenvalue weighted by atomic mass is 9.97. The molecule has 2 N–H and O–H groups in total. The van der Waals surface area contributed by atoms with E-state index in [1.165, 1.54) is 0 Å². The van der Waals surface area contributed by atoms with Gasteiger partial charge in [-0.3, -0.25) is 4.79 Å². The summed E-state index contributed by atoms with van der Waals surface area (Å²) in [4.78, 5) is 26.8. The maximum atomic E-state index is 13.7. The number of carbonyl (C=O) groups excluding carboxylic acids is 1. The molecule has 0 spiro atoms. The number of aliphatic hydroxyl groups excluding tert-OH is 1. The van der Waals surface area contributed by atoms with Crippen molar-refractivity contribution in [3.05, 3.63) is 52.4 Å². The molecular weight excluding hydrogens is 438 g/mol. The van der Waals surface area contributed by atoms with Crippen LogP contribution < -0.4 is 10.2 Å². The van der Waals surface area contributed by atoms with Gasteiger partial charge in [-0.05, 0) is 36.5 Å². The minimum atomic E-state index is -0.518. The molecule has 0 radical (unpaired) electrons. The van der Waals surface area contributed by atoms with Gasteiger partial charge in [0, 0.05) is 49.4 Å². The van der Waals surface area contributed by atoms with Crippen LogP contribution in [-0.2, 0) is 4.79 Å². The Hall–Kier alpha value is -2.22. The Morgan fingerprint density at radius 1 is 1.18 bits per heavy atom. The van der Waals surface area contributed by atoms with Crippen LogP contribution in [0.1, 0.15) is 68.4 Å². The molecule has 178 valence electrons. The Kier molecular flexibility index (Phi) is 7.51. The van der Waals surface area contributed by atoms with Crippen molar-refractivity contribution in [1.82, 2.24) is 20.2 Å². The molecule has 1 aliphatic heterocycles. The number of anilines is 1. The molecular formula is C25H34ClN5O2. The summed E-state index contributed by atoms with van der Waals surface area (Å²) in [6.07, 6.45) is 2.59. The lowest BCUT2D eigenvalue weighted by molar-refractivity contribution is -0.132. The highest BCUT2D eigenvalue weighted by atomic mass is 35.5. The van der Waals surface area contributed by atoms with Crippen molar-refractivity contribution in [2.75, 3.05) is 37.6 Å². The second-order valence-corrected chi connectivity index (χ2v) is 9.92. The third-order valence-electron chi connectivity index (χ3n) is 6.69. The molecule has 0 saturated carbocycles. The number of nitrogens with zero attached hydrogens (tertiary/aromatic N) is 4. The van der Waals surface area contributed by atoms with Crippen molar-refractivity contribution in [2.24, 2.45) is 0 Å². The van der Waals surface area contributed by atoms with Gasteiger partial charge in [0.25, 0.3) is 0 Å². The molecule has 2 aliphatic rings. The number of aliphatic hydroxyl groups is 1. The highest BCUT2D eigenvalue weighted by Gasteiger charge is 2.34. The zero-order valence-corrected chi connectivity index (χ0v) is 20.4. The summed E-state index contributed by atoms with van der Waals surface area (Å²) in [5.41, 5.74) is 2.80. The third kappa shape index (κ3) is 5.31. The Bertz CT molecular complexity index is 968. The summed E-state index contributed by atoms with van der Waals surface area (Å²) >= 11 is 6.08. The van der Waals surface area contributed by atoms with E-state index in [0.717, 1.165) is 35.6 Å². The van der Waals surface area contributed by atoms with Gasteiger partial charge in [0.1, 0.15) is 12.1 Å². The summed E-state index contributed by atoms with van der Waals surface area (Å²) in [7, 11) is 0. The van der Waals surface area contributed by atoms with Gasteiger partial charge >= 0.3 is 0 Å². The Labute approximate surface area is 201 Å². The highest BCUT2D eigenvalue weighted by molar-refractivity contribution is 6.30. The monoisotopic (exact) mass is 471 g/mol. The number of halogens is 1. The number of rotatable bonds is 6. The molecule has 1 saturated heterocycles. The van der Waals surface area contributed by atoms with Crippen LogP contribution in [0.3, 0.4) is 0 Å². The lowest BCUT2D eigenvalue weighted by Crippen LogP contribution is -2.42. The predicted octanol–water partition coefficient (Wildman–Crippen LogP) is 3.49. The molecule has 2 aromatic rings. The fraction of sp³-hybridized carbons (Fsp3) is 0.560. The van der Waals surface area contributed by atoms with E-state index in [9.17, 15) is 9.90 Å². The van der Waals surface area contributed by atoms with Gasteiger partial charge in [-0.2, -0.15) is 0 Å². The van der Waals surface area contributed by atoms with Gasteiger partial charge in [-0.1, -0.05) is 44.5 Å². The van der Waals surface area contributed by atoms with Crippen LogP contribution in [0.15, 0.2) is 30.6 Å². The van der Waals surface area contributed by atoms with Crippen molar-refractivity contribution >= 4 is 23.3 Å². The number of benzene rings is 1. The average Bonchev–Trinajstić information content (AvgIpc) is 2.95. The number of aromatic nitrogens is 2. The molecule has 1 amide bonds. The minimum Gasteiger partial charge on any atom is -0.387 e. The zero-order chi connectivity index (χ0) is 23.5. The smallest absolute Gasteiger partial charge is 0.231 e. The molecule has 7 nitrogen and oxygen atoms in total. The number of hydrogen-bond acceptors (Lipinski definition) is 6. The van der Waals surface area contributed by atoms with E-state index >= 15 is 0 Å². The van der Waals surface area contributed by atoms with Crippen molar-refractivity contribution < 1.29 is 9.90 Å². The van der Waals surface area contributed by atoms with Gasteiger partial charge in [0.2, 0.25) is 5.91 Å². The van der Waals surface area contributed by atoms with Crippen LogP contribution in [0.4, 0.5) is 5.82 Å². The summed E-state index contributed by atoms with van der Waals surface area (Å²) < 4.78 is 0. The van der Waals surface area contributed by atoms with E-state index < -0.39 is 6.10 Å². The van der Waals surface area contributed by atoms with Gasteiger partial charge in [0.15, 0.2) is 0 Å². The van der Waals surface area contributed by atoms with E-state index in [1.807, 2.05) is 29.2 Å². The molecule has 1 fully saturated rings. The SMILES string of the molecule is CC(C)NCC(C(=O)N1CCCN(c2ncnc3c2[C@H](C)C[C@H]3O)CC1)c1ccc(Cl)cc1. The number of hydrogen-bond donors (Lipinski definition) is 2. The maximum absolute atomic E-state index is 13.7. The Balaban J connectivity index is 1.50. The summed E-state index contributed by atoms with van der Waals surface area (Å²) in [6, 6.07) is 7.90. The molecule has 2 heterocycles. The van der Waals surface area contributed by atoms with E-state index in [0.29, 0.717) is 43.7 Å². The molecule has 4 rings (SSSR count). The molecule has 8 heteroatoms. The first kappa shape index (κ1) is 23.9. The van der Waals surface area contributed by atoms with Gasteiger partial charge < -0.3 is 20.2 Å². The molecule has 1 unspecified atom stereocenters. The van der Waals surface area contributed by atoms with Crippen LogP contribution in [0.25, 0.3) is 0 Å². The Morgan fingerprint density at radius 2 is 1.94 bits per heavy atom. The van der Waals surface area contributed by atoms with Crippen LogP contribution in [-0.4, -0.2) is 64.6 Å². The van der Waals surface area contributed by atoms with Crippen LogP contribution in [0.2, 0.25) is 5.02 Å². The van der Waals surface area contributed by atoms with Crippen molar-refractivity contribution in [3.63, 3.8) is 0 Å². The number of carbonyl (C=O) groups is 1. The number of amides is 1. The quantitative estimate of drug-likeness (QED) is 0.671. The number of fused-ring (bicyclic) bond motifs is 1. The maximum Gasteiger partial charge on any atom is 0.231 e. The first-order chi connectivity index (χ1) is 15.8. The fourth-order valence-electron chi connectivity index (χ4n) is 4.92. The molecule has 1 aromatic heterocycles. The van der Waals surface area contributed by atoms with E-state index in [-0.39, 0.29) is 17.7 Å². The summed E-state index contributed by atoms with van der Waals surface area (Å²) in [5.74, 6) is 1.02. The zero-order valence-electron chi connectivity index (χ0n) is 19.7. The van der Waals surface area contributed by atoms with E-state index in [2.05, 4.69) is 41.0 Å². The molecule has 33 heavy (non-hydrogen) atoms. The van der Waals surface area contributed by atoms with Gasteiger partial charge in [-0.15, -0.1) is 0 Å². The molecule has 3 atom stereocenters. The van der Waals surface area contributed by atoms with Crippen LogP contribution in [0, 0.1) is 0 Å². The summed E-state index contributed by atoms with van der Waals surface area (Å²) in [5, 5.41) is 14.4. The second kappa shape index (κ2) is 10.4. The van der Waals surface area contributed by atoms with Crippen molar-refractivity contribution in [1.29, 1.82) is 0 Å². The van der Waals surface area contributed by atoms with E-state index in [1.54, 1.807) is 6.33 Å². The van der Waals surface area contributed by atoms with Crippen LogP contribution in [0.5, 0.6) is 0 Å². The van der Waals surface area contributed by atoms with E-state index in [4.69, 9.17) is 11.6 Å². The Morgan fingerprint density at radius 3 is 2.67 bits per heavy atom. The van der Waals surface area contributed by atoms with Crippen LogP contribution >= 0.6 is 11.6 Å². The van der Waals surface area contributed by atoms with Crippen molar-refractivity contribution in [2.45, 2.75) is 57.6 Å². The predicted molar refractivity (Wildman–Crippen MR) is 131 cm³/mol. The lowest BCUT2D eigenvalue weighted by Gasteiger charge is -2.28. The first-order valence-electron chi connectivity index (χ1n) is 11.9. The summed E-state index contributed by atoms with van der Waals surface area (Å²) in [6.45, 7) is 9.78. The molecule has 1 aromatic carbocycles. The topological polar surface area (TPSA) is 81.6 Å². The normalized spacial score (nSPS) is 21.8. The average molecular weight is 472 g/mol. The minimum absolute atomic E-state index is 0.143. The first-order valence-corrected chi connectivity index (χ1v) is 12.3.